The molecule has 1 aliphatic rings. The van der Waals surface area contributed by atoms with Crippen molar-refractivity contribution in [1.82, 2.24) is 4.98 Å². The normalized spacial score (nSPS) is 17.5. The lowest BCUT2D eigenvalue weighted by atomic mass is 9.94. The van der Waals surface area contributed by atoms with E-state index in [1.807, 2.05) is 12.3 Å². The summed E-state index contributed by atoms with van der Waals surface area (Å²) in [6, 6.07) is 2.05. The van der Waals surface area contributed by atoms with Gasteiger partial charge in [0.2, 0.25) is 0 Å². The summed E-state index contributed by atoms with van der Waals surface area (Å²) in [7, 11) is 0. The zero-order chi connectivity index (χ0) is 12.3. The van der Waals surface area contributed by atoms with Gasteiger partial charge in [-0.1, -0.05) is 13.3 Å². The van der Waals surface area contributed by atoms with Gasteiger partial charge in [-0.25, -0.2) is 4.98 Å². The van der Waals surface area contributed by atoms with Crippen LogP contribution < -0.4 is 10.6 Å². The van der Waals surface area contributed by atoms with Crippen molar-refractivity contribution in [3.8, 4) is 0 Å². The fourth-order valence-corrected chi connectivity index (χ4v) is 2.65. The highest BCUT2D eigenvalue weighted by atomic mass is 15.2. The molecule has 0 bridgehead atoms. The van der Waals surface area contributed by atoms with Gasteiger partial charge in [-0.05, 0) is 37.3 Å². The summed E-state index contributed by atoms with van der Waals surface area (Å²) in [4.78, 5) is 6.93. The van der Waals surface area contributed by atoms with Crippen molar-refractivity contribution in [3.63, 3.8) is 0 Å². The molecule has 1 aromatic rings. The Hall–Kier alpha value is -1.09. The third-order valence-corrected chi connectivity index (χ3v) is 3.96. The van der Waals surface area contributed by atoms with Crippen LogP contribution in [0.4, 0.5) is 5.82 Å². The molecule has 0 radical (unpaired) electrons. The van der Waals surface area contributed by atoms with E-state index in [9.17, 15) is 0 Å². The monoisotopic (exact) mass is 233 g/mol. The van der Waals surface area contributed by atoms with E-state index in [0.29, 0.717) is 6.54 Å². The number of anilines is 1. The van der Waals surface area contributed by atoms with Crippen molar-refractivity contribution in [2.45, 2.75) is 39.7 Å². The third kappa shape index (κ3) is 2.60. The van der Waals surface area contributed by atoms with Crippen molar-refractivity contribution in [2.75, 3.05) is 18.0 Å². The van der Waals surface area contributed by atoms with E-state index in [4.69, 9.17) is 5.73 Å². The standard InChI is InChI=1S/C14H23N3/c1-3-12-5-8-17(9-6-12)14-13(10-15)11(2)4-7-16-14/h4,7,12H,3,5-6,8-10,15H2,1-2H3. The molecule has 0 aromatic carbocycles. The molecule has 0 saturated carbocycles. The van der Waals surface area contributed by atoms with Crippen LogP contribution in [0.2, 0.25) is 0 Å². The van der Waals surface area contributed by atoms with Gasteiger partial charge in [-0.3, -0.25) is 0 Å². The molecule has 94 valence electrons. The molecule has 0 aliphatic carbocycles. The van der Waals surface area contributed by atoms with Gasteiger partial charge in [-0.2, -0.15) is 0 Å². The molecular formula is C14H23N3. The molecule has 2 heterocycles. The van der Waals surface area contributed by atoms with Gasteiger partial charge in [0.05, 0.1) is 0 Å². The van der Waals surface area contributed by atoms with Crippen molar-refractivity contribution < 1.29 is 0 Å². The Kier molecular flexibility index (Phi) is 4.00. The molecule has 1 saturated heterocycles. The molecule has 3 heteroatoms. The molecule has 0 atom stereocenters. The van der Waals surface area contributed by atoms with Crippen LogP contribution in [0, 0.1) is 12.8 Å². The third-order valence-electron chi connectivity index (χ3n) is 3.96. The number of nitrogens with two attached hydrogens (primary N) is 1. The number of aromatic nitrogens is 1. The maximum absolute atomic E-state index is 5.84. The molecule has 2 rings (SSSR count). The highest BCUT2D eigenvalue weighted by Crippen LogP contribution is 2.27. The molecular weight excluding hydrogens is 210 g/mol. The van der Waals surface area contributed by atoms with Crippen LogP contribution in [0.5, 0.6) is 0 Å². The molecule has 17 heavy (non-hydrogen) atoms. The smallest absolute Gasteiger partial charge is 0.133 e. The average Bonchev–Trinajstić information content (AvgIpc) is 2.38. The highest BCUT2D eigenvalue weighted by Gasteiger charge is 2.20. The second-order valence-electron chi connectivity index (χ2n) is 4.97. The fourth-order valence-electron chi connectivity index (χ4n) is 2.65. The Morgan fingerprint density at radius 1 is 1.41 bits per heavy atom. The summed E-state index contributed by atoms with van der Waals surface area (Å²) in [5.74, 6) is 2.01. The number of nitrogens with zero attached hydrogens (tertiary/aromatic N) is 2. The van der Waals surface area contributed by atoms with E-state index in [1.54, 1.807) is 0 Å². The Morgan fingerprint density at radius 2 is 2.12 bits per heavy atom. The van der Waals surface area contributed by atoms with E-state index >= 15 is 0 Å². The Morgan fingerprint density at radius 3 is 2.71 bits per heavy atom. The van der Waals surface area contributed by atoms with Crippen LogP contribution in [-0.2, 0) is 6.54 Å². The Bertz CT molecular complexity index is 368. The minimum absolute atomic E-state index is 0.586. The summed E-state index contributed by atoms with van der Waals surface area (Å²) in [5.41, 5.74) is 8.31. The number of aryl methyl sites for hydroxylation is 1. The van der Waals surface area contributed by atoms with E-state index in [-0.39, 0.29) is 0 Å². The number of hydrogen-bond acceptors (Lipinski definition) is 3. The lowest BCUT2D eigenvalue weighted by Gasteiger charge is -2.33. The summed E-state index contributed by atoms with van der Waals surface area (Å²) in [5, 5.41) is 0. The van der Waals surface area contributed by atoms with Crippen molar-refractivity contribution in [2.24, 2.45) is 11.7 Å². The van der Waals surface area contributed by atoms with E-state index in [1.165, 1.54) is 30.4 Å². The molecule has 3 nitrogen and oxygen atoms in total. The minimum atomic E-state index is 0.586. The van der Waals surface area contributed by atoms with E-state index < -0.39 is 0 Å². The topological polar surface area (TPSA) is 42.2 Å². The van der Waals surface area contributed by atoms with Crippen molar-refractivity contribution in [1.29, 1.82) is 0 Å². The number of piperidine rings is 1. The maximum Gasteiger partial charge on any atom is 0.133 e. The zero-order valence-corrected chi connectivity index (χ0v) is 10.9. The molecule has 2 N–H and O–H groups in total. The van der Waals surface area contributed by atoms with Crippen LogP contribution in [-0.4, -0.2) is 18.1 Å². The predicted molar refractivity (Wildman–Crippen MR) is 72.1 cm³/mol. The molecule has 0 amide bonds. The minimum Gasteiger partial charge on any atom is -0.356 e. The summed E-state index contributed by atoms with van der Waals surface area (Å²) >= 11 is 0. The highest BCUT2D eigenvalue weighted by molar-refractivity contribution is 5.50. The molecule has 0 spiro atoms. The first-order valence-electron chi connectivity index (χ1n) is 6.65. The van der Waals surface area contributed by atoms with Gasteiger partial charge in [-0.15, -0.1) is 0 Å². The zero-order valence-electron chi connectivity index (χ0n) is 10.9. The van der Waals surface area contributed by atoms with Crippen LogP contribution in [0.1, 0.15) is 37.3 Å². The van der Waals surface area contributed by atoms with Gasteiger partial charge < -0.3 is 10.6 Å². The first kappa shape index (κ1) is 12.4. The van der Waals surface area contributed by atoms with Gasteiger partial charge in [0, 0.05) is 31.4 Å². The number of rotatable bonds is 3. The quantitative estimate of drug-likeness (QED) is 0.872. The first-order chi connectivity index (χ1) is 8.26. The van der Waals surface area contributed by atoms with E-state index in [0.717, 1.165) is 24.8 Å². The Balaban J connectivity index is 2.15. The SMILES string of the molecule is CCC1CCN(c2nccc(C)c2CN)CC1. The van der Waals surface area contributed by atoms with Crippen LogP contribution >= 0.6 is 0 Å². The fraction of sp³-hybridized carbons (Fsp3) is 0.643. The largest absolute Gasteiger partial charge is 0.356 e. The van der Waals surface area contributed by atoms with Gasteiger partial charge in [0.25, 0.3) is 0 Å². The van der Waals surface area contributed by atoms with E-state index in [2.05, 4.69) is 23.7 Å². The first-order valence-corrected chi connectivity index (χ1v) is 6.65. The van der Waals surface area contributed by atoms with Gasteiger partial charge in [0.1, 0.15) is 5.82 Å². The van der Waals surface area contributed by atoms with Gasteiger partial charge >= 0.3 is 0 Å². The Labute approximate surface area is 104 Å². The molecule has 1 fully saturated rings. The number of pyridine rings is 1. The average molecular weight is 233 g/mol. The summed E-state index contributed by atoms with van der Waals surface area (Å²) in [6.07, 6.45) is 5.78. The second-order valence-corrected chi connectivity index (χ2v) is 4.97. The van der Waals surface area contributed by atoms with Crippen LogP contribution in [0.15, 0.2) is 12.3 Å². The number of hydrogen-bond donors (Lipinski definition) is 1. The second kappa shape index (κ2) is 5.50. The van der Waals surface area contributed by atoms with Crippen LogP contribution in [0.25, 0.3) is 0 Å². The lowest BCUT2D eigenvalue weighted by molar-refractivity contribution is 0.393. The molecule has 1 aromatic heterocycles. The summed E-state index contributed by atoms with van der Waals surface area (Å²) < 4.78 is 0. The van der Waals surface area contributed by atoms with Gasteiger partial charge in [0.15, 0.2) is 0 Å². The summed E-state index contributed by atoms with van der Waals surface area (Å²) in [6.45, 7) is 7.25. The van der Waals surface area contributed by atoms with Crippen molar-refractivity contribution in [3.05, 3.63) is 23.4 Å². The van der Waals surface area contributed by atoms with Crippen molar-refractivity contribution >= 4 is 5.82 Å². The molecule has 1 aliphatic heterocycles. The lowest BCUT2D eigenvalue weighted by Crippen LogP contribution is -2.35. The van der Waals surface area contributed by atoms with Crippen LogP contribution in [0.3, 0.4) is 0 Å². The molecule has 0 unspecified atom stereocenters. The maximum atomic E-state index is 5.84. The predicted octanol–water partition coefficient (Wildman–Crippen LogP) is 2.48.